The first-order chi connectivity index (χ1) is 11.8. The SMILES string of the molecule is Cc1ncsc1CCC(=O)N1C[C@H]2CC[C@@H]1CN(S(=O)(=O)N(C)C)C2. The highest BCUT2D eigenvalue weighted by atomic mass is 32.2. The Bertz CT molecular complexity index is 731. The Morgan fingerprint density at radius 3 is 2.72 bits per heavy atom. The molecule has 2 atom stereocenters. The van der Waals surface area contributed by atoms with Crippen molar-refractivity contribution in [3.8, 4) is 0 Å². The first-order valence-electron chi connectivity index (χ1n) is 8.65. The number of carbonyl (C=O) groups is 1. The van der Waals surface area contributed by atoms with Gasteiger partial charge in [-0.2, -0.15) is 17.0 Å². The molecule has 9 heteroatoms. The summed E-state index contributed by atoms with van der Waals surface area (Å²) in [5.41, 5.74) is 2.81. The Kier molecular flexibility index (Phi) is 5.48. The largest absolute Gasteiger partial charge is 0.338 e. The first-order valence-corrected chi connectivity index (χ1v) is 10.9. The molecule has 7 nitrogen and oxygen atoms in total. The van der Waals surface area contributed by atoms with E-state index in [1.54, 1.807) is 29.7 Å². The molecule has 140 valence electrons. The van der Waals surface area contributed by atoms with Gasteiger partial charge in [-0.15, -0.1) is 11.3 Å². The number of rotatable bonds is 5. The molecule has 3 saturated heterocycles. The van der Waals surface area contributed by atoms with E-state index in [0.29, 0.717) is 32.5 Å². The maximum atomic E-state index is 12.8. The Morgan fingerprint density at radius 1 is 1.32 bits per heavy atom. The Morgan fingerprint density at radius 2 is 2.08 bits per heavy atom. The Labute approximate surface area is 153 Å². The minimum Gasteiger partial charge on any atom is -0.338 e. The molecule has 2 bridgehead atoms. The summed E-state index contributed by atoms with van der Waals surface area (Å²) in [6, 6.07) is -0.0106. The van der Waals surface area contributed by atoms with E-state index in [2.05, 4.69) is 4.98 Å². The van der Waals surface area contributed by atoms with Crippen molar-refractivity contribution in [2.75, 3.05) is 33.7 Å². The average molecular weight is 387 g/mol. The molecule has 3 aliphatic rings. The van der Waals surface area contributed by atoms with Crippen LogP contribution >= 0.6 is 11.3 Å². The first kappa shape index (κ1) is 18.8. The van der Waals surface area contributed by atoms with Crippen LogP contribution in [0, 0.1) is 12.8 Å². The number of hydrogen-bond donors (Lipinski definition) is 0. The molecule has 4 rings (SSSR count). The maximum Gasteiger partial charge on any atom is 0.281 e. The number of piperidine rings is 1. The summed E-state index contributed by atoms with van der Waals surface area (Å²) in [7, 11) is -0.314. The molecule has 0 radical (unpaired) electrons. The standard InChI is InChI=1S/C16H26N4O3S2/c1-12-15(24-11-17-12)6-7-16(21)20-9-13-4-5-14(20)10-19(8-13)25(22,23)18(2)3/h11,13-14H,4-10H2,1-3H3/t13-,14+/m0/s1. The quantitative estimate of drug-likeness (QED) is 0.760. The van der Waals surface area contributed by atoms with Crippen LogP contribution in [0.4, 0.5) is 0 Å². The van der Waals surface area contributed by atoms with Crippen LogP contribution in [0.5, 0.6) is 0 Å². The lowest BCUT2D eigenvalue weighted by Gasteiger charge is -2.36. The lowest BCUT2D eigenvalue weighted by atomic mass is 9.94. The van der Waals surface area contributed by atoms with E-state index in [9.17, 15) is 13.2 Å². The minimum absolute atomic E-state index is 0.0106. The summed E-state index contributed by atoms with van der Waals surface area (Å²) in [6.07, 6.45) is 3.05. The molecule has 4 heterocycles. The van der Waals surface area contributed by atoms with Gasteiger partial charge in [0.15, 0.2) is 0 Å². The van der Waals surface area contributed by atoms with Crippen LogP contribution in [0.2, 0.25) is 0 Å². The molecule has 0 saturated carbocycles. The van der Waals surface area contributed by atoms with Crippen molar-refractivity contribution in [2.24, 2.45) is 5.92 Å². The molecule has 1 aromatic heterocycles. The molecule has 0 spiro atoms. The van der Waals surface area contributed by atoms with E-state index in [1.165, 1.54) is 4.31 Å². The van der Waals surface area contributed by atoms with Crippen molar-refractivity contribution in [3.63, 3.8) is 0 Å². The van der Waals surface area contributed by atoms with Gasteiger partial charge in [0.2, 0.25) is 5.91 Å². The minimum atomic E-state index is -3.43. The average Bonchev–Trinajstić information content (AvgIpc) is 2.78. The second-order valence-electron chi connectivity index (χ2n) is 7.11. The third-order valence-electron chi connectivity index (χ3n) is 5.20. The van der Waals surface area contributed by atoms with Crippen molar-refractivity contribution >= 4 is 27.5 Å². The van der Waals surface area contributed by atoms with Gasteiger partial charge in [-0.25, -0.2) is 4.98 Å². The second-order valence-corrected chi connectivity index (χ2v) is 10.2. The van der Waals surface area contributed by atoms with Crippen LogP contribution in [0.3, 0.4) is 0 Å². The molecule has 0 N–H and O–H groups in total. The van der Waals surface area contributed by atoms with Gasteiger partial charge in [0.25, 0.3) is 10.2 Å². The molecule has 0 aliphatic carbocycles. The highest BCUT2D eigenvalue weighted by Gasteiger charge is 2.41. The summed E-state index contributed by atoms with van der Waals surface area (Å²) in [6.45, 7) is 3.55. The zero-order valence-electron chi connectivity index (χ0n) is 15.0. The number of aromatic nitrogens is 1. The van der Waals surface area contributed by atoms with Gasteiger partial charge in [-0.05, 0) is 32.1 Å². The van der Waals surface area contributed by atoms with E-state index in [-0.39, 0.29) is 17.9 Å². The summed E-state index contributed by atoms with van der Waals surface area (Å²) in [4.78, 5) is 20.1. The summed E-state index contributed by atoms with van der Waals surface area (Å²) in [5.74, 6) is 0.356. The Hall–Kier alpha value is -1.03. The molecule has 0 aromatic carbocycles. The van der Waals surface area contributed by atoms with E-state index in [0.717, 1.165) is 23.4 Å². The van der Waals surface area contributed by atoms with Crippen LogP contribution in [-0.4, -0.2) is 72.6 Å². The van der Waals surface area contributed by atoms with Crippen molar-refractivity contribution < 1.29 is 13.2 Å². The van der Waals surface area contributed by atoms with E-state index < -0.39 is 10.2 Å². The van der Waals surface area contributed by atoms with Crippen molar-refractivity contribution in [1.82, 2.24) is 18.5 Å². The van der Waals surface area contributed by atoms with Crippen LogP contribution in [0.25, 0.3) is 0 Å². The number of amides is 1. The normalized spacial score (nSPS) is 24.7. The van der Waals surface area contributed by atoms with Gasteiger partial charge < -0.3 is 4.90 Å². The summed E-state index contributed by atoms with van der Waals surface area (Å²) in [5, 5.41) is 0. The fourth-order valence-electron chi connectivity index (χ4n) is 3.69. The van der Waals surface area contributed by atoms with Crippen molar-refractivity contribution in [1.29, 1.82) is 0 Å². The molecular formula is C16H26N4O3S2. The molecule has 1 aromatic rings. The molecule has 3 aliphatic heterocycles. The zero-order valence-corrected chi connectivity index (χ0v) is 16.6. The summed E-state index contributed by atoms with van der Waals surface area (Å²) < 4.78 is 27.8. The Balaban J connectivity index is 1.68. The van der Waals surface area contributed by atoms with Gasteiger partial charge in [-0.1, -0.05) is 0 Å². The van der Waals surface area contributed by atoms with Gasteiger partial charge >= 0.3 is 0 Å². The van der Waals surface area contributed by atoms with Crippen LogP contribution in [0.15, 0.2) is 5.51 Å². The highest BCUT2D eigenvalue weighted by Crippen LogP contribution is 2.30. The number of carbonyl (C=O) groups excluding carboxylic acids is 1. The predicted molar refractivity (Wildman–Crippen MR) is 97.6 cm³/mol. The van der Waals surface area contributed by atoms with Gasteiger partial charge in [0, 0.05) is 51.1 Å². The number of hydrogen-bond acceptors (Lipinski definition) is 5. The fraction of sp³-hybridized carbons (Fsp3) is 0.750. The predicted octanol–water partition coefficient (Wildman–Crippen LogP) is 1.11. The van der Waals surface area contributed by atoms with Gasteiger partial charge in [0.1, 0.15) is 0 Å². The zero-order chi connectivity index (χ0) is 18.2. The summed E-state index contributed by atoms with van der Waals surface area (Å²) >= 11 is 1.59. The van der Waals surface area contributed by atoms with Gasteiger partial charge in [0.05, 0.1) is 11.2 Å². The molecule has 25 heavy (non-hydrogen) atoms. The third-order valence-corrected chi connectivity index (χ3v) is 8.07. The number of thiazole rings is 1. The van der Waals surface area contributed by atoms with Crippen LogP contribution < -0.4 is 0 Å². The number of aryl methyl sites for hydroxylation is 2. The smallest absolute Gasteiger partial charge is 0.281 e. The monoisotopic (exact) mass is 386 g/mol. The van der Waals surface area contributed by atoms with E-state index in [4.69, 9.17) is 0 Å². The number of fused-ring (bicyclic) bond motifs is 4. The van der Waals surface area contributed by atoms with Gasteiger partial charge in [-0.3, -0.25) is 4.79 Å². The van der Waals surface area contributed by atoms with Crippen LogP contribution in [0.1, 0.15) is 29.8 Å². The van der Waals surface area contributed by atoms with E-state index in [1.807, 2.05) is 17.3 Å². The lowest BCUT2D eigenvalue weighted by molar-refractivity contribution is -0.135. The highest BCUT2D eigenvalue weighted by molar-refractivity contribution is 7.86. The van der Waals surface area contributed by atoms with E-state index >= 15 is 0 Å². The molecular weight excluding hydrogens is 360 g/mol. The topological polar surface area (TPSA) is 73.8 Å². The fourth-order valence-corrected chi connectivity index (χ4v) is 5.70. The number of nitrogens with zero attached hydrogens (tertiary/aromatic N) is 4. The third kappa shape index (κ3) is 3.89. The second kappa shape index (κ2) is 7.30. The molecule has 0 unspecified atom stereocenters. The van der Waals surface area contributed by atoms with Crippen LogP contribution in [-0.2, 0) is 21.4 Å². The molecule has 3 fully saturated rings. The van der Waals surface area contributed by atoms with Crippen molar-refractivity contribution in [3.05, 3.63) is 16.1 Å². The molecule has 1 amide bonds. The van der Waals surface area contributed by atoms with Crippen molar-refractivity contribution in [2.45, 2.75) is 38.6 Å². The maximum absolute atomic E-state index is 12.8. The lowest BCUT2D eigenvalue weighted by Crippen LogP contribution is -2.48.